The molecule has 5 nitrogen and oxygen atoms in total. The number of methoxy groups -OCH3 is 1. The molecule has 0 aliphatic carbocycles. The Hall–Kier alpha value is -1.66. The van der Waals surface area contributed by atoms with E-state index in [2.05, 4.69) is 10.6 Å². The van der Waals surface area contributed by atoms with E-state index in [0.29, 0.717) is 25.4 Å². The van der Waals surface area contributed by atoms with Crippen molar-refractivity contribution in [2.75, 3.05) is 33.4 Å². The fraction of sp³-hybridized carbons (Fsp3) is 0.500. The number of hydrogen-bond acceptors (Lipinski definition) is 4. The van der Waals surface area contributed by atoms with Gasteiger partial charge in [-0.1, -0.05) is 0 Å². The van der Waals surface area contributed by atoms with Crippen molar-refractivity contribution in [3.8, 4) is 5.75 Å². The number of amides is 1. The second-order valence-electron chi connectivity index (χ2n) is 4.25. The molecule has 0 spiro atoms. The average molecular weight is 284 g/mol. The molecule has 0 saturated heterocycles. The molecule has 0 saturated carbocycles. The van der Waals surface area contributed by atoms with E-state index in [4.69, 9.17) is 9.47 Å². The van der Waals surface area contributed by atoms with Crippen molar-refractivity contribution in [3.63, 3.8) is 0 Å². The van der Waals surface area contributed by atoms with Gasteiger partial charge in [-0.25, -0.2) is 4.39 Å². The lowest BCUT2D eigenvalue weighted by Crippen LogP contribution is -2.40. The Kier molecular flexibility index (Phi) is 7.60. The summed E-state index contributed by atoms with van der Waals surface area (Å²) >= 11 is 0. The highest BCUT2D eigenvalue weighted by Crippen LogP contribution is 2.12. The first-order chi connectivity index (χ1) is 9.63. The molecule has 0 aliphatic rings. The molecule has 0 radical (unpaired) electrons. The van der Waals surface area contributed by atoms with Gasteiger partial charge < -0.3 is 20.1 Å². The predicted molar refractivity (Wildman–Crippen MR) is 74.2 cm³/mol. The summed E-state index contributed by atoms with van der Waals surface area (Å²) < 4.78 is 23.0. The van der Waals surface area contributed by atoms with Crippen molar-refractivity contribution in [2.24, 2.45) is 0 Å². The number of hydrogen-bond donors (Lipinski definition) is 2. The maximum absolute atomic E-state index is 12.7. The van der Waals surface area contributed by atoms with Crippen LogP contribution in [0.2, 0.25) is 0 Å². The maximum Gasteiger partial charge on any atom is 0.260 e. The minimum atomic E-state index is -0.626. The Bertz CT molecular complexity index is 398. The first-order valence-electron chi connectivity index (χ1n) is 6.53. The number of rotatable bonds is 9. The minimum absolute atomic E-state index is 0.206. The van der Waals surface area contributed by atoms with Crippen molar-refractivity contribution < 1.29 is 18.7 Å². The summed E-state index contributed by atoms with van der Waals surface area (Å²) in [5.74, 6) is -0.0771. The van der Waals surface area contributed by atoms with Crippen molar-refractivity contribution in [1.82, 2.24) is 10.6 Å². The largest absolute Gasteiger partial charge is 0.481 e. The zero-order valence-corrected chi connectivity index (χ0v) is 11.8. The molecule has 1 aromatic rings. The van der Waals surface area contributed by atoms with E-state index in [1.165, 1.54) is 24.3 Å². The van der Waals surface area contributed by atoms with Crippen LogP contribution in [0, 0.1) is 5.82 Å². The summed E-state index contributed by atoms with van der Waals surface area (Å²) in [6.45, 7) is 4.21. The lowest BCUT2D eigenvalue weighted by molar-refractivity contribution is -0.127. The van der Waals surface area contributed by atoms with Gasteiger partial charge >= 0.3 is 0 Å². The van der Waals surface area contributed by atoms with Gasteiger partial charge in [-0.3, -0.25) is 4.79 Å². The summed E-state index contributed by atoms with van der Waals surface area (Å²) in [5, 5.41) is 5.86. The lowest BCUT2D eigenvalue weighted by Gasteiger charge is -2.14. The van der Waals surface area contributed by atoms with Crippen molar-refractivity contribution in [2.45, 2.75) is 13.0 Å². The third kappa shape index (κ3) is 6.49. The monoisotopic (exact) mass is 284 g/mol. The molecular weight excluding hydrogens is 263 g/mol. The average Bonchev–Trinajstić information content (AvgIpc) is 2.45. The number of carbonyl (C=O) groups excluding carboxylic acids is 1. The van der Waals surface area contributed by atoms with Gasteiger partial charge in [0.25, 0.3) is 5.91 Å². The number of benzene rings is 1. The van der Waals surface area contributed by atoms with Crippen LogP contribution in [0.4, 0.5) is 4.39 Å². The van der Waals surface area contributed by atoms with Crippen molar-refractivity contribution in [3.05, 3.63) is 30.1 Å². The Morgan fingerprint density at radius 2 is 1.95 bits per heavy atom. The molecule has 1 unspecified atom stereocenters. The van der Waals surface area contributed by atoms with E-state index >= 15 is 0 Å². The van der Waals surface area contributed by atoms with Gasteiger partial charge in [-0.2, -0.15) is 0 Å². The van der Waals surface area contributed by atoms with Gasteiger partial charge in [-0.05, 0) is 31.2 Å². The fourth-order valence-corrected chi connectivity index (χ4v) is 1.49. The molecule has 0 heterocycles. The molecule has 1 aromatic carbocycles. The first-order valence-corrected chi connectivity index (χ1v) is 6.53. The molecule has 1 atom stereocenters. The highest BCUT2D eigenvalue weighted by Gasteiger charge is 2.13. The molecule has 0 aromatic heterocycles. The molecule has 112 valence electrons. The SMILES string of the molecule is COCCNCCNC(=O)C(C)Oc1ccc(F)cc1. The second-order valence-corrected chi connectivity index (χ2v) is 4.25. The van der Waals surface area contributed by atoms with Crippen LogP contribution in [-0.4, -0.2) is 45.4 Å². The van der Waals surface area contributed by atoms with E-state index in [0.717, 1.165) is 6.54 Å². The molecule has 1 amide bonds. The molecule has 20 heavy (non-hydrogen) atoms. The molecular formula is C14H21FN2O3. The standard InChI is InChI=1S/C14H21FN2O3/c1-11(20-13-5-3-12(15)4-6-13)14(18)17-8-7-16-9-10-19-2/h3-6,11,16H,7-10H2,1-2H3,(H,17,18). The number of carbonyl (C=O) groups is 1. The van der Waals surface area contributed by atoms with E-state index in [1.54, 1.807) is 14.0 Å². The topological polar surface area (TPSA) is 59.6 Å². The van der Waals surface area contributed by atoms with Crippen LogP contribution in [0.1, 0.15) is 6.92 Å². The zero-order valence-electron chi connectivity index (χ0n) is 11.8. The summed E-state index contributed by atoms with van der Waals surface area (Å²) in [6.07, 6.45) is -0.626. The Labute approximate surface area is 118 Å². The second kappa shape index (κ2) is 9.28. The van der Waals surface area contributed by atoms with Crippen LogP contribution in [0.3, 0.4) is 0 Å². The molecule has 0 aliphatic heterocycles. The third-order valence-corrected chi connectivity index (χ3v) is 2.58. The summed E-state index contributed by atoms with van der Waals surface area (Å²) in [5.41, 5.74) is 0. The van der Waals surface area contributed by atoms with Gasteiger partial charge in [0.05, 0.1) is 6.61 Å². The summed E-state index contributed by atoms with van der Waals surface area (Å²) in [6, 6.07) is 5.57. The third-order valence-electron chi connectivity index (χ3n) is 2.58. The molecule has 0 bridgehead atoms. The number of ether oxygens (including phenoxy) is 2. The zero-order chi connectivity index (χ0) is 14.8. The van der Waals surface area contributed by atoms with Crippen LogP contribution >= 0.6 is 0 Å². The minimum Gasteiger partial charge on any atom is -0.481 e. The van der Waals surface area contributed by atoms with Crippen LogP contribution in [0.5, 0.6) is 5.75 Å². The first kappa shape index (κ1) is 16.4. The van der Waals surface area contributed by atoms with Crippen LogP contribution in [-0.2, 0) is 9.53 Å². The Morgan fingerprint density at radius 1 is 1.25 bits per heavy atom. The normalized spacial score (nSPS) is 11.9. The van der Waals surface area contributed by atoms with Crippen LogP contribution < -0.4 is 15.4 Å². The number of halogens is 1. The fourth-order valence-electron chi connectivity index (χ4n) is 1.49. The van der Waals surface area contributed by atoms with E-state index in [1.807, 2.05) is 0 Å². The molecule has 0 fully saturated rings. The summed E-state index contributed by atoms with van der Waals surface area (Å²) in [7, 11) is 1.64. The molecule has 2 N–H and O–H groups in total. The molecule has 6 heteroatoms. The highest BCUT2D eigenvalue weighted by atomic mass is 19.1. The van der Waals surface area contributed by atoms with Gasteiger partial charge in [0, 0.05) is 26.7 Å². The Balaban J connectivity index is 2.20. The lowest BCUT2D eigenvalue weighted by atomic mass is 10.3. The van der Waals surface area contributed by atoms with E-state index in [9.17, 15) is 9.18 Å². The predicted octanol–water partition coefficient (Wildman–Crippen LogP) is 0.945. The van der Waals surface area contributed by atoms with Gasteiger partial charge in [0.1, 0.15) is 11.6 Å². The van der Waals surface area contributed by atoms with Crippen molar-refractivity contribution in [1.29, 1.82) is 0 Å². The van der Waals surface area contributed by atoms with Gasteiger partial charge in [0.2, 0.25) is 0 Å². The number of nitrogens with one attached hydrogen (secondary N) is 2. The highest BCUT2D eigenvalue weighted by molar-refractivity contribution is 5.80. The van der Waals surface area contributed by atoms with E-state index in [-0.39, 0.29) is 11.7 Å². The van der Waals surface area contributed by atoms with Gasteiger partial charge in [0.15, 0.2) is 6.10 Å². The Morgan fingerprint density at radius 3 is 2.60 bits per heavy atom. The quantitative estimate of drug-likeness (QED) is 0.663. The van der Waals surface area contributed by atoms with Crippen molar-refractivity contribution >= 4 is 5.91 Å². The van der Waals surface area contributed by atoms with Gasteiger partial charge in [-0.15, -0.1) is 0 Å². The summed E-state index contributed by atoms with van der Waals surface area (Å²) in [4.78, 5) is 11.7. The van der Waals surface area contributed by atoms with Crippen LogP contribution in [0.15, 0.2) is 24.3 Å². The smallest absolute Gasteiger partial charge is 0.260 e. The van der Waals surface area contributed by atoms with Crippen LogP contribution in [0.25, 0.3) is 0 Å². The van der Waals surface area contributed by atoms with E-state index < -0.39 is 6.10 Å². The maximum atomic E-state index is 12.7. The molecule has 1 rings (SSSR count).